The van der Waals surface area contributed by atoms with Gasteiger partial charge in [-0.3, -0.25) is 4.79 Å². The number of piperidine rings is 1. The van der Waals surface area contributed by atoms with E-state index in [2.05, 4.69) is 12.2 Å². The van der Waals surface area contributed by atoms with E-state index in [4.69, 9.17) is 4.42 Å². The van der Waals surface area contributed by atoms with Gasteiger partial charge in [-0.1, -0.05) is 18.2 Å². The Bertz CT molecular complexity index is 616. The molecule has 0 bridgehead atoms. The Labute approximate surface area is 131 Å². The van der Waals surface area contributed by atoms with Crippen molar-refractivity contribution in [2.24, 2.45) is 0 Å². The molecule has 1 fully saturated rings. The highest BCUT2D eigenvalue weighted by Gasteiger charge is 2.25. The molecule has 0 radical (unpaired) electrons. The third-order valence-electron chi connectivity index (χ3n) is 4.72. The fourth-order valence-corrected chi connectivity index (χ4v) is 3.30. The maximum Gasteiger partial charge on any atom is 0.275 e. The van der Waals surface area contributed by atoms with Crippen molar-refractivity contribution in [2.75, 3.05) is 13.1 Å². The molecule has 2 N–H and O–H groups in total. The predicted molar refractivity (Wildman–Crippen MR) is 86.8 cm³/mol. The molecule has 2 heterocycles. The Morgan fingerprint density at radius 2 is 2.23 bits per heavy atom. The van der Waals surface area contributed by atoms with E-state index in [1.807, 2.05) is 37.3 Å². The average Bonchev–Trinajstić information content (AvgIpc) is 2.93. The number of carbonyl (C=O) groups excluding carboxylic acids is 1. The summed E-state index contributed by atoms with van der Waals surface area (Å²) in [5.74, 6) is 0.924. The van der Waals surface area contributed by atoms with Gasteiger partial charge in [0, 0.05) is 5.39 Å². The summed E-state index contributed by atoms with van der Waals surface area (Å²) in [4.78, 5) is 13.7. The van der Waals surface area contributed by atoms with Gasteiger partial charge >= 0.3 is 0 Å². The monoisotopic (exact) mass is 301 g/mol. The van der Waals surface area contributed by atoms with Crippen LogP contribution in [0, 0.1) is 0 Å². The van der Waals surface area contributed by atoms with Crippen LogP contribution in [-0.2, 0) is 4.79 Å². The quantitative estimate of drug-likeness (QED) is 0.908. The Hall–Kier alpha value is -1.81. The van der Waals surface area contributed by atoms with Gasteiger partial charge in [0.15, 0.2) is 6.54 Å². The Morgan fingerprint density at radius 3 is 3.00 bits per heavy atom. The van der Waals surface area contributed by atoms with Crippen molar-refractivity contribution in [1.29, 1.82) is 0 Å². The first-order valence-corrected chi connectivity index (χ1v) is 8.26. The second-order valence-electron chi connectivity index (χ2n) is 6.46. The standard InChI is InChI=1S/C18H24N2O2/c1-13-7-5-6-10-20(13)12-18(21)19-14(2)17-11-15-8-3-4-9-16(15)22-17/h3-4,8-9,11,13-14H,5-7,10,12H2,1-2H3,(H,19,21)/p+1/t13-,14+/m1/s1. The molecule has 118 valence electrons. The van der Waals surface area contributed by atoms with Crippen LogP contribution in [0.25, 0.3) is 11.0 Å². The van der Waals surface area contributed by atoms with Gasteiger partial charge < -0.3 is 14.6 Å². The number of hydrogen-bond donors (Lipinski definition) is 2. The number of amides is 1. The normalized spacial score (nSPS) is 23.4. The third kappa shape index (κ3) is 3.33. The van der Waals surface area contributed by atoms with Gasteiger partial charge in [0.1, 0.15) is 11.3 Å². The summed E-state index contributed by atoms with van der Waals surface area (Å²) >= 11 is 0. The summed E-state index contributed by atoms with van der Waals surface area (Å²) in [6.07, 6.45) is 3.75. The zero-order chi connectivity index (χ0) is 15.5. The molecule has 3 atom stereocenters. The van der Waals surface area contributed by atoms with Crippen molar-refractivity contribution in [3.63, 3.8) is 0 Å². The fourth-order valence-electron chi connectivity index (χ4n) is 3.30. The maximum absolute atomic E-state index is 12.3. The van der Waals surface area contributed by atoms with Crippen molar-refractivity contribution >= 4 is 16.9 Å². The number of quaternary nitrogens is 1. The van der Waals surface area contributed by atoms with Crippen LogP contribution in [0.5, 0.6) is 0 Å². The first kappa shape index (κ1) is 15.1. The zero-order valence-electron chi connectivity index (χ0n) is 13.4. The lowest BCUT2D eigenvalue weighted by Crippen LogP contribution is -3.17. The maximum atomic E-state index is 12.3. The van der Waals surface area contributed by atoms with Crippen molar-refractivity contribution in [3.05, 3.63) is 36.1 Å². The van der Waals surface area contributed by atoms with Gasteiger partial charge in [-0.25, -0.2) is 0 Å². The Balaban J connectivity index is 1.60. The largest absolute Gasteiger partial charge is 0.459 e. The van der Waals surface area contributed by atoms with Gasteiger partial charge in [-0.15, -0.1) is 0 Å². The number of nitrogens with one attached hydrogen (secondary N) is 2. The molecule has 2 aromatic rings. The van der Waals surface area contributed by atoms with E-state index in [1.165, 1.54) is 24.2 Å². The lowest BCUT2D eigenvalue weighted by Gasteiger charge is -2.29. The summed E-state index contributed by atoms with van der Waals surface area (Å²) in [6.45, 7) is 5.88. The van der Waals surface area contributed by atoms with E-state index in [9.17, 15) is 4.79 Å². The van der Waals surface area contributed by atoms with Gasteiger partial charge in [0.25, 0.3) is 5.91 Å². The van der Waals surface area contributed by atoms with E-state index in [0.29, 0.717) is 12.6 Å². The second-order valence-corrected chi connectivity index (χ2v) is 6.46. The lowest BCUT2D eigenvalue weighted by atomic mass is 10.0. The van der Waals surface area contributed by atoms with Gasteiger partial charge in [0.2, 0.25) is 0 Å². The van der Waals surface area contributed by atoms with E-state index in [0.717, 1.165) is 23.3 Å². The fraction of sp³-hybridized carbons (Fsp3) is 0.500. The number of rotatable bonds is 4. The minimum Gasteiger partial charge on any atom is -0.459 e. The van der Waals surface area contributed by atoms with E-state index < -0.39 is 0 Å². The first-order chi connectivity index (χ1) is 10.6. The predicted octanol–water partition coefficient (Wildman–Crippen LogP) is 2.07. The molecule has 1 unspecified atom stereocenters. The molecule has 1 aliphatic rings. The molecular formula is C18H25N2O2+. The van der Waals surface area contributed by atoms with Crippen molar-refractivity contribution in [1.82, 2.24) is 5.32 Å². The average molecular weight is 301 g/mol. The number of carbonyl (C=O) groups is 1. The number of fused-ring (bicyclic) bond motifs is 1. The van der Waals surface area contributed by atoms with Crippen LogP contribution in [-0.4, -0.2) is 25.0 Å². The smallest absolute Gasteiger partial charge is 0.275 e. The molecule has 0 aliphatic carbocycles. The third-order valence-corrected chi connectivity index (χ3v) is 4.72. The Morgan fingerprint density at radius 1 is 1.41 bits per heavy atom. The summed E-state index contributed by atoms with van der Waals surface area (Å²) in [7, 11) is 0. The second kappa shape index (κ2) is 6.53. The molecule has 3 rings (SSSR count). The van der Waals surface area contributed by atoms with Crippen molar-refractivity contribution in [3.8, 4) is 0 Å². The van der Waals surface area contributed by atoms with Crippen molar-refractivity contribution in [2.45, 2.75) is 45.2 Å². The van der Waals surface area contributed by atoms with E-state index in [1.54, 1.807) is 0 Å². The number of benzene rings is 1. The molecule has 1 amide bonds. The SMILES string of the molecule is C[C@H](NC(=O)C[NH+]1CCCC[C@H]1C)c1cc2ccccc2o1. The Kier molecular flexibility index (Phi) is 4.48. The topological polar surface area (TPSA) is 46.7 Å². The minimum atomic E-state index is -0.0978. The van der Waals surface area contributed by atoms with Crippen LogP contribution in [0.3, 0.4) is 0 Å². The number of likely N-dealkylation sites (tertiary alicyclic amines) is 1. The first-order valence-electron chi connectivity index (χ1n) is 8.26. The summed E-state index contributed by atoms with van der Waals surface area (Å²) in [6, 6.07) is 10.4. The van der Waals surface area contributed by atoms with E-state index in [-0.39, 0.29) is 11.9 Å². The molecule has 4 heteroatoms. The van der Waals surface area contributed by atoms with Crippen LogP contribution < -0.4 is 10.2 Å². The molecule has 22 heavy (non-hydrogen) atoms. The molecule has 1 aromatic carbocycles. The van der Waals surface area contributed by atoms with Gasteiger partial charge in [-0.2, -0.15) is 0 Å². The van der Waals surface area contributed by atoms with Crippen LogP contribution >= 0.6 is 0 Å². The van der Waals surface area contributed by atoms with Gasteiger partial charge in [0.05, 0.1) is 18.6 Å². The molecule has 1 saturated heterocycles. The molecule has 0 spiro atoms. The van der Waals surface area contributed by atoms with Gasteiger partial charge in [-0.05, 0) is 45.2 Å². The summed E-state index contributed by atoms with van der Waals surface area (Å²) in [5.41, 5.74) is 0.869. The highest BCUT2D eigenvalue weighted by atomic mass is 16.3. The van der Waals surface area contributed by atoms with Crippen LogP contribution in [0.2, 0.25) is 0 Å². The summed E-state index contributed by atoms with van der Waals surface area (Å²) in [5, 5.41) is 4.15. The number of para-hydroxylation sites is 1. The molecular weight excluding hydrogens is 276 g/mol. The molecule has 1 aliphatic heterocycles. The highest BCUT2D eigenvalue weighted by Crippen LogP contribution is 2.23. The number of furan rings is 1. The number of hydrogen-bond acceptors (Lipinski definition) is 2. The van der Waals surface area contributed by atoms with Crippen molar-refractivity contribution < 1.29 is 14.1 Å². The molecule has 1 aromatic heterocycles. The molecule has 0 saturated carbocycles. The summed E-state index contributed by atoms with van der Waals surface area (Å²) < 4.78 is 5.82. The van der Waals surface area contributed by atoms with Crippen LogP contribution in [0.4, 0.5) is 0 Å². The van der Waals surface area contributed by atoms with Crippen LogP contribution in [0.1, 0.15) is 44.9 Å². The van der Waals surface area contributed by atoms with E-state index >= 15 is 0 Å². The van der Waals surface area contributed by atoms with Crippen LogP contribution in [0.15, 0.2) is 34.7 Å². The lowest BCUT2D eigenvalue weighted by molar-refractivity contribution is -0.921. The highest BCUT2D eigenvalue weighted by molar-refractivity contribution is 5.79. The zero-order valence-corrected chi connectivity index (χ0v) is 13.4. The minimum absolute atomic E-state index is 0.0978. The molecule has 4 nitrogen and oxygen atoms in total.